The van der Waals surface area contributed by atoms with Crippen LogP contribution in [0.2, 0.25) is 19.6 Å². The van der Waals surface area contributed by atoms with E-state index in [4.69, 9.17) is 0 Å². The fraction of sp³-hybridized carbons (Fsp3) is 0.381. The number of ketones is 1. The summed E-state index contributed by atoms with van der Waals surface area (Å²) in [6, 6.07) is 11.6. The molecule has 0 atom stereocenters. The summed E-state index contributed by atoms with van der Waals surface area (Å²) < 4.78 is 0. The zero-order chi connectivity index (χ0) is 16.2. The molecule has 0 unspecified atom stereocenters. The fourth-order valence-electron chi connectivity index (χ4n) is 4.26. The Balaban J connectivity index is 1.94. The van der Waals surface area contributed by atoms with E-state index in [1.807, 2.05) is 12.1 Å². The molecule has 0 aromatic heterocycles. The molecule has 2 heteroatoms. The van der Waals surface area contributed by atoms with Crippen molar-refractivity contribution in [1.82, 2.24) is 0 Å². The molecule has 0 aliphatic heterocycles. The highest BCUT2D eigenvalue weighted by molar-refractivity contribution is 6.75. The lowest BCUT2D eigenvalue weighted by molar-refractivity contribution is 0.103. The van der Waals surface area contributed by atoms with Crippen molar-refractivity contribution in [2.45, 2.75) is 51.4 Å². The van der Waals surface area contributed by atoms with E-state index in [2.05, 4.69) is 37.8 Å². The third-order valence-corrected chi connectivity index (χ3v) is 6.63. The molecule has 0 saturated heterocycles. The van der Waals surface area contributed by atoms with Crippen molar-refractivity contribution in [3.8, 4) is 0 Å². The predicted molar refractivity (Wildman–Crippen MR) is 98.2 cm³/mol. The van der Waals surface area contributed by atoms with Gasteiger partial charge in [-0.1, -0.05) is 43.9 Å². The second-order valence-electron chi connectivity index (χ2n) is 8.27. The zero-order valence-corrected chi connectivity index (χ0v) is 15.3. The van der Waals surface area contributed by atoms with Crippen LogP contribution < -0.4 is 0 Å². The van der Waals surface area contributed by atoms with Crippen LogP contribution in [0.4, 0.5) is 0 Å². The van der Waals surface area contributed by atoms with E-state index in [0.29, 0.717) is 0 Å². The van der Waals surface area contributed by atoms with E-state index >= 15 is 0 Å². The van der Waals surface area contributed by atoms with Gasteiger partial charge in [-0.15, -0.1) is 0 Å². The van der Waals surface area contributed by atoms with Crippen LogP contribution in [-0.4, -0.2) is 13.9 Å². The molecule has 2 aromatic carbocycles. The van der Waals surface area contributed by atoms with E-state index in [-0.39, 0.29) is 5.78 Å². The second kappa shape index (κ2) is 5.17. The van der Waals surface area contributed by atoms with Crippen LogP contribution in [0.3, 0.4) is 0 Å². The first-order valence-corrected chi connectivity index (χ1v) is 12.4. The summed E-state index contributed by atoms with van der Waals surface area (Å²) in [6.45, 7) is 7.31. The monoisotopic (exact) mass is 320 g/mol. The molecule has 0 bridgehead atoms. The van der Waals surface area contributed by atoms with Crippen molar-refractivity contribution in [2.24, 2.45) is 0 Å². The van der Waals surface area contributed by atoms with Gasteiger partial charge in [0.05, 0.1) is 0 Å². The summed E-state index contributed by atoms with van der Waals surface area (Å²) in [4.78, 5) is 13.0. The van der Waals surface area contributed by atoms with Crippen LogP contribution in [0.25, 0.3) is 0 Å². The van der Waals surface area contributed by atoms with Crippen molar-refractivity contribution in [2.75, 3.05) is 0 Å². The van der Waals surface area contributed by atoms with E-state index in [9.17, 15) is 4.79 Å². The number of hydrogen-bond donors (Lipinski definition) is 0. The molecule has 2 aliphatic rings. The highest BCUT2D eigenvalue weighted by Gasteiger charge is 2.31. The SMILES string of the molecule is C[Si](C)(C)Cc1c2c(cc3c1Cc1ccccc1C3=O)CCC2. The van der Waals surface area contributed by atoms with Crippen LogP contribution in [0.5, 0.6) is 0 Å². The fourth-order valence-corrected chi connectivity index (χ4v) is 5.74. The Hall–Kier alpha value is -1.67. The Labute approximate surface area is 139 Å². The lowest BCUT2D eigenvalue weighted by atomic mass is 9.80. The number of carbonyl (C=O) groups excluding carboxylic acids is 1. The number of benzene rings is 2. The molecule has 118 valence electrons. The van der Waals surface area contributed by atoms with Crippen molar-refractivity contribution in [3.63, 3.8) is 0 Å². The van der Waals surface area contributed by atoms with Crippen LogP contribution in [0.15, 0.2) is 30.3 Å². The van der Waals surface area contributed by atoms with Gasteiger partial charge >= 0.3 is 0 Å². The average molecular weight is 321 g/mol. The molecule has 0 N–H and O–H groups in total. The number of rotatable bonds is 2. The highest BCUT2D eigenvalue weighted by Crippen LogP contribution is 2.37. The molecule has 0 radical (unpaired) electrons. The highest BCUT2D eigenvalue weighted by atomic mass is 28.3. The Bertz CT molecular complexity index is 811. The van der Waals surface area contributed by atoms with Gasteiger partial charge in [0.1, 0.15) is 0 Å². The lowest BCUT2D eigenvalue weighted by Gasteiger charge is -2.27. The number of fused-ring (bicyclic) bond motifs is 3. The quantitative estimate of drug-likeness (QED) is 0.624. The van der Waals surface area contributed by atoms with E-state index < -0.39 is 8.07 Å². The van der Waals surface area contributed by atoms with Gasteiger partial charge in [-0.2, -0.15) is 0 Å². The number of carbonyl (C=O) groups is 1. The lowest BCUT2D eigenvalue weighted by Crippen LogP contribution is -2.27. The first-order chi connectivity index (χ1) is 10.9. The molecule has 1 nitrogen and oxygen atoms in total. The van der Waals surface area contributed by atoms with Gasteiger partial charge < -0.3 is 0 Å². The topological polar surface area (TPSA) is 17.1 Å². The Morgan fingerprint density at radius 1 is 0.957 bits per heavy atom. The molecular formula is C21H24OSi. The first-order valence-electron chi connectivity index (χ1n) is 8.73. The molecule has 2 aliphatic carbocycles. The summed E-state index contributed by atoms with van der Waals surface area (Å²) in [5.41, 5.74) is 9.03. The van der Waals surface area contributed by atoms with Gasteiger partial charge in [-0.3, -0.25) is 4.79 Å². The summed E-state index contributed by atoms with van der Waals surface area (Å²) >= 11 is 0. The Morgan fingerprint density at radius 2 is 1.74 bits per heavy atom. The molecule has 0 fully saturated rings. The van der Waals surface area contributed by atoms with Gasteiger partial charge in [0.2, 0.25) is 0 Å². The Kier molecular flexibility index (Phi) is 3.35. The molecule has 0 spiro atoms. The van der Waals surface area contributed by atoms with E-state index in [1.54, 1.807) is 5.56 Å². The van der Waals surface area contributed by atoms with Gasteiger partial charge in [0.25, 0.3) is 0 Å². The van der Waals surface area contributed by atoms with E-state index in [1.165, 1.54) is 41.1 Å². The Morgan fingerprint density at radius 3 is 2.52 bits per heavy atom. The molecule has 23 heavy (non-hydrogen) atoms. The number of aryl methyl sites for hydroxylation is 1. The third-order valence-electron chi connectivity index (χ3n) is 5.21. The van der Waals surface area contributed by atoms with Gasteiger partial charge in [0, 0.05) is 19.2 Å². The van der Waals surface area contributed by atoms with Crippen LogP contribution in [0.1, 0.15) is 50.2 Å². The van der Waals surface area contributed by atoms with Crippen LogP contribution >= 0.6 is 0 Å². The molecule has 0 saturated carbocycles. The maximum Gasteiger partial charge on any atom is 0.193 e. The summed E-state index contributed by atoms with van der Waals surface area (Å²) in [6.07, 6.45) is 4.54. The van der Waals surface area contributed by atoms with Gasteiger partial charge in [-0.25, -0.2) is 0 Å². The maximum atomic E-state index is 13.0. The minimum Gasteiger partial charge on any atom is -0.289 e. The smallest absolute Gasteiger partial charge is 0.193 e. The van der Waals surface area contributed by atoms with Crippen molar-refractivity contribution in [1.29, 1.82) is 0 Å². The summed E-state index contributed by atoms with van der Waals surface area (Å²) in [5.74, 6) is 0.244. The van der Waals surface area contributed by atoms with Crippen LogP contribution in [0, 0.1) is 0 Å². The van der Waals surface area contributed by atoms with Crippen molar-refractivity contribution >= 4 is 13.9 Å². The summed E-state index contributed by atoms with van der Waals surface area (Å²) in [7, 11) is -1.23. The molecule has 0 heterocycles. The number of hydrogen-bond acceptors (Lipinski definition) is 1. The van der Waals surface area contributed by atoms with Gasteiger partial charge in [-0.05, 0) is 65.6 Å². The minimum atomic E-state index is -1.23. The predicted octanol–water partition coefficient (Wildman–Crippen LogP) is 4.73. The molecule has 0 amide bonds. The summed E-state index contributed by atoms with van der Waals surface area (Å²) in [5, 5.41) is 0. The zero-order valence-electron chi connectivity index (χ0n) is 14.3. The average Bonchev–Trinajstić information content (AvgIpc) is 2.96. The van der Waals surface area contributed by atoms with Crippen molar-refractivity contribution < 1.29 is 4.79 Å². The largest absolute Gasteiger partial charge is 0.289 e. The standard InChI is InChI=1S/C21H24OSi/c1-23(2,3)13-20-16-10-6-8-14(16)12-19-18(20)11-15-7-4-5-9-17(15)21(19)22/h4-5,7,9,12H,6,8,10-11,13H2,1-3H3. The maximum absolute atomic E-state index is 13.0. The van der Waals surface area contributed by atoms with Gasteiger partial charge in [0.15, 0.2) is 5.78 Å². The van der Waals surface area contributed by atoms with E-state index in [0.717, 1.165) is 24.0 Å². The first kappa shape index (κ1) is 14.9. The van der Waals surface area contributed by atoms with Crippen molar-refractivity contribution in [3.05, 3.63) is 69.3 Å². The third kappa shape index (κ3) is 2.49. The minimum absolute atomic E-state index is 0.244. The molecular weight excluding hydrogens is 296 g/mol. The molecule has 2 aromatic rings. The second-order valence-corrected chi connectivity index (χ2v) is 13.7. The normalized spacial score (nSPS) is 16.0. The van der Waals surface area contributed by atoms with Crippen LogP contribution in [-0.2, 0) is 25.3 Å². The molecule has 4 rings (SSSR count).